The van der Waals surface area contributed by atoms with E-state index in [-0.39, 0.29) is 0 Å². The van der Waals surface area contributed by atoms with Crippen LogP contribution in [0.2, 0.25) is 0 Å². The highest BCUT2D eigenvalue weighted by Gasteiger charge is 2.64. The molecule has 1 saturated heterocycles. The molecule has 1 aliphatic rings. The Kier molecular flexibility index (Phi) is 3.38. The Morgan fingerprint density at radius 2 is 1.82 bits per heavy atom. The minimum Gasteiger partial charge on any atom is -0.302 e. The van der Waals surface area contributed by atoms with Crippen LogP contribution in [0.1, 0.15) is 20.3 Å². The van der Waals surface area contributed by atoms with E-state index in [1.807, 2.05) is 0 Å². The van der Waals surface area contributed by atoms with E-state index in [4.69, 9.17) is 4.89 Å². The molecule has 0 aliphatic carbocycles. The van der Waals surface area contributed by atoms with Crippen molar-refractivity contribution in [1.29, 1.82) is 0 Å². The number of rotatable bonds is 2. The van der Waals surface area contributed by atoms with Crippen molar-refractivity contribution in [1.82, 2.24) is 0 Å². The van der Waals surface area contributed by atoms with Gasteiger partial charge in [0.15, 0.2) is 0 Å². The third-order valence-corrected chi connectivity index (χ3v) is 3.69. The first-order valence-electron chi connectivity index (χ1n) is 4.46. The van der Waals surface area contributed by atoms with Crippen LogP contribution in [0.4, 0.5) is 22.0 Å². The van der Waals surface area contributed by atoms with E-state index in [0.717, 1.165) is 13.8 Å². The Labute approximate surface area is 93.3 Å². The van der Waals surface area contributed by atoms with Gasteiger partial charge in [-0.2, -0.15) is 22.0 Å². The van der Waals surface area contributed by atoms with Gasteiger partial charge in [-0.05, 0) is 13.8 Å². The molecule has 4 nitrogen and oxygen atoms in total. The summed E-state index contributed by atoms with van der Waals surface area (Å²) in [4.78, 5) is 8.89. The van der Waals surface area contributed by atoms with E-state index >= 15 is 0 Å². The van der Waals surface area contributed by atoms with Crippen molar-refractivity contribution in [3.8, 4) is 0 Å². The molecule has 0 spiro atoms. The van der Waals surface area contributed by atoms with Gasteiger partial charge in [-0.15, -0.1) is 0 Å². The highest BCUT2D eigenvalue weighted by molar-refractivity contribution is 7.47. The van der Waals surface area contributed by atoms with Crippen LogP contribution in [0.15, 0.2) is 0 Å². The van der Waals surface area contributed by atoms with Crippen LogP contribution >= 0.6 is 7.82 Å². The predicted molar refractivity (Wildman–Crippen MR) is 45.5 cm³/mol. The molecule has 1 rings (SSSR count). The number of halogens is 5. The van der Waals surface area contributed by atoms with Gasteiger partial charge in [0.05, 0.1) is 12.5 Å². The number of phosphoric ester groups is 1. The number of hydrogen-bond donors (Lipinski definition) is 1. The lowest BCUT2D eigenvalue weighted by Gasteiger charge is -2.30. The molecule has 0 saturated carbocycles. The first kappa shape index (κ1) is 14.8. The molecule has 0 aromatic heterocycles. The molecule has 102 valence electrons. The van der Waals surface area contributed by atoms with Crippen LogP contribution < -0.4 is 0 Å². The Morgan fingerprint density at radius 3 is 2.12 bits per heavy atom. The molecule has 17 heavy (non-hydrogen) atoms. The van der Waals surface area contributed by atoms with Gasteiger partial charge in [-0.3, -0.25) is 9.05 Å². The molecule has 10 heteroatoms. The summed E-state index contributed by atoms with van der Waals surface area (Å²) in [6, 6.07) is 0. The highest BCUT2D eigenvalue weighted by atomic mass is 31.2. The summed E-state index contributed by atoms with van der Waals surface area (Å²) in [6.45, 7) is 1.95. The summed E-state index contributed by atoms with van der Waals surface area (Å²) in [6.07, 6.45) is -8.89. The van der Waals surface area contributed by atoms with Gasteiger partial charge in [0, 0.05) is 0 Å². The number of alkyl halides is 5. The van der Waals surface area contributed by atoms with E-state index in [1.54, 1.807) is 0 Å². The monoisotopic (exact) mass is 284 g/mol. The fraction of sp³-hybridized carbons (Fsp3) is 1.00. The number of phosphoric acid groups is 1. The van der Waals surface area contributed by atoms with E-state index in [1.165, 1.54) is 0 Å². The summed E-state index contributed by atoms with van der Waals surface area (Å²) in [5.74, 6) is -5.02. The molecule has 1 fully saturated rings. The van der Waals surface area contributed by atoms with Gasteiger partial charge in [-0.25, -0.2) is 4.57 Å². The normalized spacial score (nSPS) is 39.6. The highest BCUT2D eigenvalue weighted by Crippen LogP contribution is 2.59. The third-order valence-electron chi connectivity index (χ3n) is 2.46. The minimum atomic E-state index is -5.75. The summed E-state index contributed by atoms with van der Waals surface area (Å²) in [5.41, 5.74) is -2.18. The van der Waals surface area contributed by atoms with Gasteiger partial charge in [0.25, 0.3) is 0 Å². The van der Waals surface area contributed by atoms with Crippen LogP contribution in [0.3, 0.4) is 0 Å². The lowest BCUT2D eigenvalue weighted by molar-refractivity contribution is -0.295. The van der Waals surface area contributed by atoms with Crippen molar-refractivity contribution in [3.63, 3.8) is 0 Å². The standard InChI is InChI=1S/C7H10F5O4P/c1-4-5(2,16-17(13,14)15-4)3-6(8,9)7(10,11)12/h4H,3H2,1-2H3,(H,13,14). The first-order valence-corrected chi connectivity index (χ1v) is 5.95. The van der Waals surface area contributed by atoms with Crippen molar-refractivity contribution in [3.05, 3.63) is 0 Å². The largest absolute Gasteiger partial charge is 0.473 e. The van der Waals surface area contributed by atoms with Crippen LogP contribution in [0.5, 0.6) is 0 Å². The summed E-state index contributed by atoms with van der Waals surface area (Å²) < 4.78 is 81.2. The third kappa shape index (κ3) is 2.96. The van der Waals surface area contributed by atoms with Crippen molar-refractivity contribution < 1.29 is 40.5 Å². The Bertz CT molecular complexity index is 357. The molecular formula is C7H10F5O4P. The van der Waals surface area contributed by atoms with Crippen molar-refractivity contribution in [2.45, 2.75) is 44.1 Å². The van der Waals surface area contributed by atoms with Crippen LogP contribution in [0.25, 0.3) is 0 Å². The van der Waals surface area contributed by atoms with E-state index in [9.17, 15) is 26.5 Å². The molecule has 0 aromatic rings. The second-order valence-electron chi connectivity index (χ2n) is 4.00. The lowest BCUT2D eigenvalue weighted by Crippen LogP contribution is -2.47. The maximum Gasteiger partial charge on any atom is 0.473 e. The van der Waals surface area contributed by atoms with Gasteiger partial charge in [0.2, 0.25) is 0 Å². The summed E-state index contributed by atoms with van der Waals surface area (Å²) in [5, 5.41) is 0. The van der Waals surface area contributed by atoms with Gasteiger partial charge < -0.3 is 4.89 Å². The molecule has 1 heterocycles. The zero-order chi connectivity index (χ0) is 13.7. The van der Waals surface area contributed by atoms with Crippen LogP contribution in [-0.2, 0) is 13.6 Å². The van der Waals surface area contributed by atoms with E-state index < -0.39 is 38.0 Å². The first-order chi connectivity index (χ1) is 7.29. The van der Waals surface area contributed by atoms with Crippen LogP contribution in [-0.4, -0.2) is 28.7 Å². The smallest absolute Gasteiger partial charge is 0.302 e. The minimum absolute atomic E-state index is 0.868. The second-order valence-corrected chi connectivity index (χ2v) is 5.33. The molecule has 1 aliphatic heterocycles. The van der Waals surface area contributed by atoms with Crippen molar-refractivity contribution >= 4 is 7.82 Å². The lowest BCUT2D eigenvalue weighted by atomic mass is 9.92. The molecule has 0 aromatic carbocycles. The van der Waals surface area contributed by atoms with Crippen molar-refractivity contribution in [2.75, 3.05) is 0 Å². The maximum atomic E-state index is 12.8. The quantitative estimate of drug-likeness (QED) is 0.625. The Morgan fingerprint density at radius 1 is 1.35 bits per heavy atom. The molecule has 0 bridgehead atoms. The topological polar surface area (TPSA) is 55.8 Å². The second kappa shape index (κ2) is 3.88. The van der Waals surface area contributed by atoms with Crippen LogP contribution in [0, 0.1) is 0 Å². The average molecular weight is 284 g/mol. The molecule has 3 atom stereocenters. The van der Waals surface area contributed by atoms with Gasteiger partial charge in [0.1, 0.15) is 5.60 Å². The Balaban J connectivity index is 2.92. The molecular weight excluding hydrogens is 274 g/mol. The van der Waals surface area contributed by atoms with Crippen molar-refractivity contribution in [2.24, 2.45) is 0 Å². The Hall–Kier alpha value is -0.240. The number of hydrogen-bond acceptors (Lipinski definition) is 3. The summed E-state index contributed by atoms with van der Waals surface area (Å²) in [7, 11) is -4.56. The van der Waals surface area contributed by atoms with Gasteiger partial charge in [-0.1, -0.05) is 0 Å². The maximum absolute atomic E-state index is 12.8. The predicted octanol–water partition coefficient (Wildman–Crippen LogP) is 2.87. The SMILES string of the molecule is CC1OP(=O)(O)OC1(C)CC(F)(F)C(F)(F)F. The molecule has 0 amide bonds. The molecule has 3 unspecified atom stereocenters. The summed E-state index contributed by atoms with van der Waals surface area (Å²) >= 11 is 0. The van der Waals surface area contributed by atoms with E-state index in [0.29, 0.717) is 0 Å². The molecule has 1 N–H and O–H groups in total. The molecule has 0 radical (unpaired) electrons. The fourth-order valence-electron chi connectivity index (χ4n) is 1.39. The average Bonchev–Trinajstić information content (AvgIpc) is 2.15. The zero-order valence-corrected chi connectivity index (χ0v) is 9.69. The van der Waals surface area contributed by atoms with Gasteiger partial charge >= 0.3 is 19.9 Å². The fourth-order valence-corrected chi connectivity index (χ4v) is 2.79. The zero-order valence-electron chi connectivity index (χ0n) is 8.79. The van der Waals surface area contributed by atoms with E-state index in [2.05, 4.69) is 9.05 Å².